The third-order valence-electron chi connectivity index (χ3n) is 4.07. The van der Waals surface area contributed by atoms with Gasteiger partial charge in [-0.1, -0.05) is 30.3 Å². The van der Waals surface area contributed by atoms with Crippen molar-refractivity contribution in [3.8, 4) is 5.75 Å². The van der Waals surface area contributed by atoms with Crippen molar-refractivity contribution in [3.63, 3.8) is 0 Å². The minimum atomic E-state index is -0.355. The van der Waals surface area contributed by atoms with Crippen LogP contribution in [0.15, 0.2) is 78.9 Å². The second kappa shape index (κ2) is 9.94. The predicted octanol–water partition coefficient (Wildman–Crippen LogP) is 4.20. The molecule has 0 saturated carbocycles. The van der Waals surface area contributed by atoms with E-state index in [-0.39, 0.29) is 18.4 Å². The SMILES string of the molecule is CCOc1ccccc1C(=O)NCC(=O)Nc1ccc(Nc2ccccc2)cc1. The zero-order valence-corrected chi connectivity index (χ0v) is 16.1. The molecule has 0 aliphatic rings. The number of rotatable bonds is 8. The summed E-state index contributed by atoms with van der Waals surface area (Å²) < 4.78 is 5.45. The number of nitrogens with one attached hydrogen (secondary N) is 3. The van der Waals surface area contributed by atoms with Crippen molar-refractivity contribution < 1.29 is 14.3 Å². The quantitative estimate of drug-likeness (QED) is 0.540. The fourth-order valence-corrected chi connectivity index (χ4v) is 2.72. The molecule has 0 bridgehead atoms. The van der Waals surface area contributed by atoms with Crippen molar-refractivity contribution in [2.24, 2.45) is 0 Å². The molecule has 0 aromatic heterocycles. The van der Waals surface area contributed by atoms with Crippen LogP contribution < -0.4 is 20.7 Å². The maximum atomic E-state index is 12.3. The number of carbonyl (C=O) groups excluding carboxylic acids is 2. The molecule has 0 heterocycles. The molecule has 0 radical (unpaired) electrons. The van der Waals surface area contributed by atoms with Gasteiger partial charge in [0.1, 0.15) is 5.75 Å². The molecule has 6 heteroatoms. The summed E-state index contributed by atoms with van der Waals surface area (Å²) in [5.41, 5.74) is 2.95. The lowest BCUT2D eigenvalue weighted by Crippen LogP contribution is -2.33. The van der Waals surface area contributed by atoms with Crippen molar-refractivity contribution in [2.45, 2.75) is 6.92 Å². The molecular formula is C23H23N3O3. The molecule has 0 aliphatic carbocycles. The average molecular weight is 389 g/mol. The lowest BCUT2D eigenvalue weighted by Gasteiger charge is -2.11. The van der Waals surface area contributed by atoms with E-state index in [1.807, 2.05) is 49.4 Å². The van der Waals surface area contributed by atoms with Gasteiger partial charge in [-0.2, -0.15) is 0 Å². The van der Waals surface area contributed by atoms with E-state index >= 15 is 0 Å². The molecule has 0 unspecified atom stereocenters. The van der Waals surface area contributed by atoms with Crippen LogP contribution in [0.1, 0.15) is 17.3 Å². The van der Waals surface area contributed by atoms with Gasteiger partial charge in [-0.3, -0.25) is 9.59 Å². The van der Waals surface area contributed by atoms with E-state index in [0.29, 0.717) is 23.6 Å². The van der Waals surface area contributed by atoms with E-state index in [0.717, 1.165) is 11.4 Å². The minimum Gasteiger partial charge on any atom is -0.493 e. The third kappa shape index (κ3) is 5.84. The summed E-state index contributed by atoms with van der Waals surface area (Å²) >= 11 is 0. The first-order chi connectivity index (χ1) is 14.2. The number of hydrogen-bond donors (Lipinski definition) is 3. The van der Waals surface area contributed by atoms with E-state index < -0.39 is 0 Å². The third-order valence-corrected chi connectivity index (χ3v) is 4.07. The number of anilines is 3. The summed E-state index contributed by atoms with van der Waals surface area (Å²) in [6.45, 7) is 2.17. The number of ether oxygens (including phenoxy) is 1. The predicted molar refractivity (Wildman–Crippen MR) is 115 cm³/mol. The number of para-hydroxylation sites is 2. The zero-order chi connectivity index (χ0) is 20.5. The molecule has 0 fully saturated rings. The van der Waals surface area contributed by atoms with E-state index in [2.05, 4.69) is 16.0 Å². The molecule has 0 spiro atoms. The van der Waals surface area contributed by atoms with Crippen LogP contribution in [0.4, 0.5) is 17.1 Å². The standard InChI is InChI=1S/C23H23N3O3/c1-2-29-21-11-7-6-10-20(21)23(28)24-16-22(27)26-19-14-12-18(13-15-19)25-17-8-4-3-5-9-17/h3-15,25H,2,16H2,1H3,(H,24,28)(H,26,27). The first kappa shape index (κ1) is 19.9. The molecule has 2 amide bonds. The van der Waals surface area contributed by atoms with Gasteiger partial charge in [-0.25, -0.2) is 0 Å². The summed E-state index contributed by atoms with van der Waals surface area (Å²) in [5.74, 6) is -0.169. The van der Waals surface area contributed by atoms with Crippen LogP contribution in [0.3, 0.4) is 0 Å². The van der Waals surface area contributed by atoms with E-state index in [1.54, 1.807) is 36.4 Å². The topological polar surface area (TPSA) is 79.5 Å². The molecule has 3 aromatic rings. The lowest BCUT2D eigenvalue weighted by atomic mass is 10.2. The molecule has 6 nitrogen and oxygen atoms in total. The highest BCUT2D eigenvalue weighted by Crippen LogP contribution is 2.19. The Morgan fingerprint density at radius 2 is 1.41 bits per heavy atom. The van der Waals surface area contributed by atoms with Gasteiger partial charge in [-0.15, -0.1) is 0 Å². The summed E-state index contributed by atoms with van der Waals surface area (Å²) in [4.78, 5) is 24.5. The van der Waals surface area contributed by atoms with Crippen molar-refractivity contribution in [1.29, 1.82) is 0 Å². The van der Waals surface area contributed by atoms with Gasteiger partial charge < -0.3 is 20.7 Å². The molecule has 0 atom stereocenters. The van der Waals surface area contributed by atoms with Crippen LogP contribution in [0.5, 0.6) is 5.75 Å². The Bertz CT molecular complexity index is 957. The van der Waals surface area contributed by atoms with Crippen molar-refractivity contribution in [2.75, 3.05) is 23.8 Å². The van der Waals surface area contributed by atoms with Crippen LogP contribution in [0, 0.1) is 0 Å². The summed E-state index contributed by atoms with van der Waals surface area (Å²) in [7, 11) is 0. The van der Waals surface area contributed by atoms with Crippen molar-refractivity contribution >= 4 is 28.9 Å². The minimum absolute atomic E-state index is 0.136. The molecule has 3 aromatic carbocycles. The molecule has 3 rings (SSSR count). The average Bonchev–Trinajstić information content (AvgIpc) is 2.75. The highest BCUT2D eigenvalue weighted by Gasteiger charge is 2.13. The zero-order valence-electron chi connectivity index (χ0n) is 16.1. The van der Waals surface area contributed by atoms with Crippen LogP contribution in [0.2, 0.25) is 0 Å². The van der Waals surface area contributed by atoms with Gasteiger partial charge in [0.2, 0.25) is 5.91 Å². The number of carbonyl (C=O) groups is 2. The van der Waals surface area contributed by atoms with Gasteiger partial charge in [0.25, 0.3) is 5.91 Å². The monoisotopic (exact) mass is 389 g/mol. The van der Waals surface area contributed by atoms with E-state index in [1.165, 1.54) is 0 Å². The van der Waals surface area contributed by atoms with Gasteiger partial charge in [0, 0.05) is 17.1 Å². The summed E-state index contributed by atoms with van der Waals surface area (Å²) in [6, 6.07) is 24.1. The Labute approximate surface area is 169 Å². The Kier molecular flexibility index (Phi) is 6.84. The van der Waals surface area contributed by atoms with Gasteiger partial charge in [-0.05, 0) is 55.5 Å². The highest BCUT2D eigenvalue weighted by atomic mass is 16.5. The smallest absolute Gasteiger partial charge is 0.255 e. The summed E-state index contributed by atoms with van der Waals surface area (Å²) in [6.07, 6.45) is 0. The van der Waals surface area contributed by atoms with Gasteiger partial charge in [0.15, 0.2) is 0 Å². The summed E-state index contributed by atoms with van der Waals surface area (Å²) in [5, 5.41) is 8.66. The van der Waals surface area contributed by atoms with Gasteiger partial charge in [0.05, 0.1) is 18.7 Å². The Balaban J connectivity index is 1.51. The van der Waals surface area contributed by atoms with Crippen LogP contribution in [0.25, 0.3) is 0 Å². The molecule has 0 aliphatic heterocycles. The largest absolute Gasteiger partial charge is 0.493 e. The second-order valence-corrected chi connectivity index (χ2v) is 6.23. The maximum Gasteiger partial charge on any atom is 0.255 e. The first-order valence-electron chi connectivity index (χ1n) is 9.37. The maximum absolute atomic E-state index is 12.3. The van der Waals surface area contributed by atoms with Crippen LogP contribution in [-0.2, 0) is 4.79 Å². The van der Waals surface area contributed by atoms with Crippen LogP contribution >= 0.6 is 0 Å². The van der Waals surface area contributed by atoms with Crippen molar-refractivity contribution in [3.05, 3.63) is 84.4 Å². The number of benzene rings is 3. The molecule has 0 saturated heterocycles. The second-order valence-electron chi connectivity index (χ2n) is 6.23. The Hall–Kier alpha value is -3.80. The molecular weight excluding hydrogens is 366 g/mol. The Morgan fingerprint density at radius 3 is 2.14 bits per heavy atom. The highest BCUT2D eigenvalue weighted by molar-refractivity contribution is 6.00. The molecule has 3 N–H and O–H groups in total. The fraction of sp³-hybridized carbons (Fsp3) is 0.130. The van der Waals surface area contributed by atoms with Crippen LogP contribution in [-0.4, -0.2) is 25.0 Å². The normalized spacial score (nSPS) is 10.1. The number of amides is 2. The molecule has 148 valence electrons. The molecule has 29 heavy (non-hydrogen) atoms. The first-order valence-corrected chi connectivity index (χ1v) is 9.37. The number of hydrogen-bond acceptors (Lipinski definition) is 4. The van der Waals surface area contributed by atoms with Gasteiger partial charge >= 0.3 is 0 Å². The van der Waals surface area contributed by atoms with Crippen molar-refractivity contribution in [1.82, 2.24) is 5.32 Å². The fourth-order valence-electron chi connectivity index (χ4n) is 2.72. The van der Waals surface area contributed by atoms with E-state index in [9.17, 15) is 9.59 Å². The lowest BCUT2D eigenvalue weighted by molar-refractivity contribution is -0.115. The Morgan fingerprint density at radius 1 is 0.793 bits per heavy atom. The van der Waals surface area contributed by atoms with E-state index in [4.69, 9.17) is 4.74 Å².